The summed E-state index contributed by atoms with van der Waals surface area (Å²) in [6, 6.07) is 10.5. The minimum Gasteiger partial charge on any atom is -0.465 e. The van der Waals surface area contributed by atoms with E-state index in [-0.39, 0.29) is 41.1 Å². The molecule has 0 fully saturated rings. The number of nitrogens with two attached hydrogens (primary N) is 1. The maximum Gasteiger partial charge on any atom is 0.417 e. The molecule has 33 heavy (non-hydrogen) atoms. The molecule has 0 aliphatic heterocycles. The van der Waals surface area contributed by atoms with Gasteiger partial charge in [-0.05, 0) is 31.0 Å². The second-order valence-electron chi connectivity index (χ2n) is 6.92. The summed E-state index contributed by atoms with van der Waals surface area (Å²) in [6.07, 6.45) is -4.89. The standard InChI is InChI=1S/C23H20F3N3O4/c1-3-32-17(30)12-29-20-15(11-27)16(23(24,25)26)10-14(13-8-6-5-7-9-13)18(20)19(28)21(29)22(31)33-4-2/h5-10H,3-4,12,28H2,1-2H3. The molecule has 172 valence electrons. The number of halogens is 3. The molecule has 0 bridgehead atoms. The second kappa shape index (κ2) is 9.24. The molecule has 7 nitrogen and oxygen atoms in total. The van der Waals surface area contributed by atoms with Crippen LogP contribution in [-0.2, 0) is 27.0 Å². The fourth-order valence-electron chi connectivity index (χ4n) is 3.68. The number of aromatic nitrogens is 1. The van der Waals surface area contributed by atoms with Crippen LogP contribution in [0.4, 0.5) is 18.9 Å². The molecule has 0 unspecified atom stereocenters. The van der Waals surface area contributed by atoms with Crippen LogP contribution in [-0.4, -0.2) is 29.7 Å². The number of rotatable bonds is 6. The van der Waals surface area contributed by atoms with Crippen LogP contribution in [0.5, 0.6) is 0 Å². The molecule has 0 saturated heterocycles. The summed E-state index contributed by atoms with van der Waals surface area (Å²) in [5.41, 5.74) is 3.93. The normalized spacial score (nSPS) is 11.3. The lowest BCUT2D eigenvalue weighted by Crippen LogP contribution is -2.20. The number of nitrogens with zero attached hydrogens (tertiary/aromatic N) is 2. The fourth-order valence-corrected chi connectivity index (χ4v) is 3.68. The van der Waals surface area contributed by atoms with Gasteiger partial charge in [0.15, 0.2) is 5.69 Å². The molecule has 1 aromatic heterocycles. The molecule has 3 rings (SSSR count). The van der Waals surface area contributed by atoms with Gasteiger partial charge in [-0.25, -0.2) is 4.79 Å². The molecule has 2 aromatic carbocycles. The number of nitriles is 1. The Labute approximate surface area is 187 Å². The first-order valence-electron chi connectivity index (χ1n) is 9.99. The average Bonchev–Trinajstić information content (AvgIpc) is 3.05. The Morgan fingerprint density at radius 1 is 1.12 bits per heavy atom. The molecule has 0 radical (unpaired) electrons. The van der Waals surface area contributed by atoms with Crippen molar-refractivity contribution >= 4 is 28.5 Å². The van der Waals surface area contributed by atoms with E-state index >= 15 is 0 Å². The van der Waals surface area contributed by atoms with Crippen molar-refractivity contribution < 1.29 is 32.2 Å². The number of carbonyl (C=O) groups excluding carboxylic acids is 2. The van der Waals surface area contributed by atoms with Crippen molar-refractivity contribution in [1.82, 2.24) is 4.57 Å². The molecule has 0 atom stereocenters. The zero-order valence-corrected chi connectivity index (χ0v) is 17.8. The molecular formula is C23H20F3N3O4. The summed E-state index contributed by atoms with van der Waals surface area (Å²) >= 11 is 0. The Kier molecular flexibility index (Phi) is 6.62. The number of esters is 2. The summed E-state index contributed by atoms with van der Waals surface area (Å²) in [5.74, 6) is -1.76. The third kappa shape index (κ3) is 4.35. The van der Waals surface area contributed by atoms with E-state index < -0.39 is 35.8 Å². The van der Waals surface area contributed by atoms with Gasteiger partial charge in [-0.2, -0.15) is 18.4 Å². The number of alkyl halides is 3. The van der Waals surface area contributed by atoms with Gasteiger partial charge in [0.2, 0.25) is 0 Å². The number of fused-ring (bicyclic) bond motifs is 1. The lowest BCUT2D eigenvalue weighted by atomic mass is 9.94. The Morgan fingerprint density at radius 3 is 2.30 bits per heavy atom. The number of nitrogen functional groups attached to an aromatic ring is 1. The van der Waals surface area contributed by atoms with E-state index in [1.807, 2.05) is 0 Å². The quantitative estimate of drug-likeness (QED) is 0.543. The van der Waals surface area contributed by atoms with Crippen molar-refractivity contribution in [3.63, 3.8) is 0 Å². The van der Waals surface area contributed by atoms with Crippen molar-refractivity contribution in [2.24, 2.45) is 0 Å². The zero-order chi connectivity index (χ0) is 24.3. The van der Waals surface area contributed by atoms with Crippen molar-refractivity contribution in [1.29, 1.82) is 5.26 Å². The van der Waals surface area contributed by atoms with Gasteiger partial charge in [-0.1, -0.05) is 30.3 Å². The van der Waals surface area contributed by atoms with Crippen molar-refractivity contribution in [3.8, 4) is 17.2 Å². The zero-order valence-electron chi connectivity index (χ0n) is 17.8. The number of hydrogen-bond acceptors (Lipinski definition) is 6. The maximum atomic E-state index is 14.0. The monoisotopic (exact) mass is 459 g/mol. The smallest absolute Gasteiger partial charge is 0.417 e. The highest BCUT2D eigenvalue weighted by atomic mass is 19.4. The lowest BCUT2D eigenvalue weighted by molar-refractivity contribution is -0.143. The highest BCUT2D eigenvalue weighted by Crippen LogP contribution is 2.44. The van der Waals surface area contributed by atoms with Gasteiger partial charge in [0, 0.05) is 5.39 Å². The fraction of sp³-hybridized carbons (Fsp3) is 0.261. The largest absolute Gasteiger partial charge is 0.465 e. The van der Waals surface area contributed by atoms with Crippen molar-refractivity contribution in [2.75, 3.05) is 18.9 Å². The molecule has 0 spiro atoms. The van der Waals surface area contributed by atoms with Crippen LogP contribution >= 0.6 is 0 Å². The molecule has 10 heteroatoms. The number of anilines is 1. The highest BCUT2D eigenvalue weighted by Gasteiger charge is 2.38. The van der Waals surface area contributed by atoms with Crippen LogP contribution in [0.1, 0.15) is 35.5 Å². The van der Waals surface area contributed by atoms with Crippen LogP contribution in [0.3, 0.4) is 0 Å². The second-order valence-corrected chi connectivity index (χ2v) is 6.92. The summed E-state index contributed by atoms with van der Waals surface area (Å²) in [5, 5.41) is 9.75. The van der Waals surface area contributed by atoms with E-state index in [0.29, 0.717) is 5.56 Å². The van der Waals surface area contributed by atoms with Crippen molar-refractivity contribution in [3.05, 3.63) is 53.2 Å². The van der Waals surface area contributed by atoms with E-state index in [9.17, 15) is 28.0 Å². The third-order valence-corrected chi connectivity index (χ3v) is 4.93. The van der Waals surface area contributed by atoms with Crippen LogP contribution in [0.15, 0.2) is 36.4 Å². The molecule has 2 N–H and O–H groups in total. The Morgan fingerprint density at radius 2 is 1.76 bits per heavy atom. The molecule has 0 saturated carbocycles. The van der Waals surface area contributed by atoms with E-state index in [0.717, 1.165) is 10.6 Å². The Bertz CT molecular complexity index is 1260. The number of carbonyl (C=O) groups is 2. The van der Waals surface area contributed by atoms with Gasteiger partial charge in [-0.15, -0.1) is 0 Å². The topological polar surface area (TPSA) is 107 Å². The molecular weight excluding hydrogens is 439 g/mol. The first kappa shape index (κ1) is 23.7. The van der Waals surface area contributed by atoms with E-state index in [4.69, 9.17) is 15.2 Å². The summed E-state index contributed by atoms with van der Waals surface area (Å²) in [6.45, 7) is 2.44. The van der Waals surface area contributed by atoms with Gasteiger partial charge in [0.1, 0.15) is 12.6 Å². The maximum absolute atomic E-state index is 14.0. The molecule has 3 aromatic rings. The highest BCUT2D eigenvalue weighted by molar-refractivity contribution is 6.14. The van der Waals surface area contributed by atoms with Gasteiger partial charge < -0.3 is 19.8 Å². The lowest BCUT2D eigenvalue weighted by Gasteiger charge is -2.15. The average molecular weight is 459 g/mol. The third-order valence-electron chi connectivity index (χ3n) is 4.93. The van der Waals surface area contributed by atoms with Crippen LogP contribution in [0, 0.1) is 11.3 Å². The Balaban J connectivity index is 2.55. The first-order valence-corrected chi connectivity index (χ1v) is 9.99. The summed E-state index contributed by atoms with van der Waals surface area (Å²) < 4.78 is 52.9. The van der Waals surface area contributed by atoms with Gasteiger partial charge in [-0.3, -0.25) is 4.79 Å². The molecule has 0 aliphatic rings. The van der Waals surface area contributed by atoms with Gasteiger partial charge >= 0.3 is 18.1 Å². The van der Waals surface area contributed by atoms with Gasteiger partial charge in [0.25, 0.3) is 0 Å². The summed E-state index contributed by atoms with van der Waals surface area (Å²) in [4.78, 5) is 25.0. The number of benzene rings is 2. The predicted octanol–water partition coefficient (Wildman–Crippen LogP) is 4.52. The minimum absolute atomic E-state index is 0.0103. The first-order chi connectivity index (χ1) is 15.6. The van der Waals surface area contributed by atoms with Crippen LogP contribution in [0.25, 0.3) is 22.0 Å². The summed E-state index contributed by atoms with van der Waals surface area (Å²) in [7, 11) is 0. The van der Waals surface area contributed by atoms with Crippen molar-refractivity contribution in [2.45, 2.75) is 26.6 Å². The van der Waals surface area contributed by atoms with Gasteiger partial charge in [0.05, 0.1) is 35.5 Å². The molecule has 0 aliphatic carbocycles. The number of hydrogen-bond donors (Lipinski definition) is 1. The van der Waals surface area contributed by atoms with E-state index in [1.54, 1.807) is 50.2 Å². The van der Waals surface area contributed by atoms with Crippen LogP contribution in [0.2, 0.25) is 0 Å². The molecule has 1 heterocycles. The Hall–Kier alpha value is -4.00. The minimum atomic E-state index is -4.89. The molecule has 0 amide bonds. The predicted molar refractivity (Wildman–Crippen MR) is 114 cm³/mol. The van der Waals surface area contributed by atoms with E-state index in [2.05, 4.69) is 0 Å². The van der Waals surface area contributed by atoms with Crippen LogP contribution < -0.4 is 5.73 Å². The number of ether oxygens (including phenoxy) is 2. The SMILES string of the molecule is CCOC(=O)Cn1c(C(=O)OCC)c(N)c2c(-c3ccccc3)cc(C(F)(F)F)c(C#N)c21. The van der Waals surface area contributed by atoms with E-state index in [1.165, 1.54) is 0 Å².